The van der Waals surface area contributed by atoms with Gasteiger partial charge in [0.1, 0.15) is 0 Å². The highest BCUT2D eigenvalue weighted by Gasteiger charge is 2.38. The molecule has 2 unspecified atom stereocenters. The standard InChI is InChI=1S/C16H42O3Si4/c1-10-11-12-13-14-15-16-23(9,19-22(6,7)8)18-20(2)17-21(3,4)5/h20H,10-16H2,1-9H3. The van der Waals surface area contributed by atoms with Crippen molar-refractivity contribution in [1.29, 1.82) is 0 Å². The van der Waals surface area contributed by atoms with E-state index in [1.165, 1.54) is 38.5 Å². The lowest BCUT2D eigenvalue weighted by Gasteiger charge is -2.37. The van der Waals surface area contributed by atoms with E-state index in [0.29, 0.717) is 0 Å². The highest BCUT2D eigenvalue weighted by molar-refractivity contribution is 6.85. The van der Waals surface area contributed by atoms with Crippen LogP contribution >= 0.6 is 0 Å². The molecule has 0 saturated carbocycles. The van der Waals surface area contributed by atoms with Gasteiger partial charge in [-0.1, -0.05) is 45.4 Å². The molecule has 0 amide bonds. The molecule has 0 aliphatic heterocycles. The van der Waals surface area contributed by atoms with Gasteiger partial charge < -0.3 is 12.3 Å². The second-order valence-electron chi connectivity index (χ2n) is 8.78. The summed E-state index contributed by atoms with van der Waals surface area (Å²) in [5, 5.41) is 0. The van der Waals surface area contributed by atoms with Gasteiger partial charge in [-0.15, -0.1) is 0 Å². The summed E-state index contributed by atoms with van der Waals surface area (Å²) in [6, 6.07) is 1.12. The molecule has 0 aliphatic rings. The van der Waals surface area contributed by atoms with Crippen molar-refractivity contribution >= 4 is 34.5 Å². The molecule has 0 spiro atoms. The summed E-state index contributed by atoms with van der Waals surface area (Å²) in [5.74, 6) is 0. The van der Waals surface area contributed by atoms with E-state index in [2.05, 4.69) is 59.3 Å². The fourth-order valence-electron chi connectivity index (χ4n) is 2.88. The van der Waals surface area contributed by atoms with E-state index in [1.807, 2.05) is 0 Å². The van der Waals surface area contributed by atoms with Crippen LogP contribution in [0, 0.1) is 0 Å². The first-order chi connectivity index (χ1) is 10.4. The second kappa shape index (κ2) is 10.7. The Balaban J connectivity index is 4.52. The fourth-order valence-corrected chi connectivity index (χ4v) is 17.9. The van der Waals surface area contributed by atoms with E-state index in [9.17, 15) is 0 Å². The molecule has 0 saturated heterocycles. The topological polar surface area (TPSA) is 27.7 Å². The molecule has 0 heterocycles. The molecule has 0 fully saturated rings. The SMILES string of the molecule is CCCCCCCC[Si](C)(O[SiH](C)O[Si](C)(C)C)O[Si](C)(C)C. The van der Waals surface area contributed by atoms with Crippen LogP contribution in [0.15, 0.2) is 0 Å². The first kappa shape index (κ1) is 23.7. The van der Waals surface area contributed by atoms with Gasteiger partial charge in [0.05, 0.1) is 0 Å². The predicted molar refractivity (Wildman–Crippen MR) is 113 cm³/mol. The highest BCUT2D eigenvalue weighted by atomic mass is 28.5. The van der Waals surface area contributed by atoms with E-state index in [4.69, 9.17) is 12.3 Å². The minimum atomic E-state index is -2.10. The summed E-state index contributed by atoms with van der Waals surface area (Å²) in [6.07, 6.45) is 7.95. The molecule has 0 aliphatic carbocycles. The van der Waals surface area contributed by atoms with Crippen LogP contribution in [0.4, 0.5) is 0 Å². The van der Waals surface area contributed by atoms with Crippen LogP contribution in [-0.2, 0) is 12.3 Å². The number of unbranched alkanes of at least 4 members (excludes halogenated alkanes) is 5. The average molecular weight is 395 g/mol. The lowest BCUT2D eigenvalue weighted by Crippen LogP contribution is -2.51. The third kappa shape index (κ3) is 14.8. The number of rotatable bonds is 13. The minimum absolute atomic E-state index is 1.12. The third-order valence-corrected chi connectivity index (χ3v) is 16.4. The summed E-state index contributed by atoms with van der Waals surface area (Å²) >= 11 is 0. The van der Waals surface area contributed by atoms with Gasteiger partial charge in [0.25, 0.3) is 9.28 Å². The van der Waals surface area contributed by atoms with E-state index in [1.54, 1.807) is 0 Å². The van der Waals surface area contributed by atoms with Gasteiger partial charge in [0.15, 0.2) is 16.6 Å². The van der Waals surface area contributed by atoms with E-state index in [-0.39, 0.29) is 0 Å². The molecule has 0 radical (unpaired) electrons. The maximum absolute atomic E-state index is 6.56. The maximum Gasteiger partial charge on any atom is 0.315 e. The molecule has 0 rings (SSSR count). The van der Waals surface area contributed by atoms with Crippen LogP contribution in [0.1, 0.15) is 45.4 Å². The van der Waals surface area contributed by atoms with Crippen molar-refractivity contribution in [2.45, 2.75) is 104 Å². The van der Waals surface area contributed by atoms with E-state index >= 15 is 0 Å². The fraction of sp³-hybridized carbons (Fsp3) is 1.00. The van der Waals surface area contributed by atoms with Gasteiger partial charge in [0.2, 0.25) is 0 Å². The Labute approximate surface area is 150 Å². The molecule has 0 aromatic carbocycles. The zero-order valence-electron chi connectivity index (χ0n) is 17.3. The van der Waals surface area contributed by atoms with Gasteiger partial charge >= 0.3 is 8.56 Å². The lowest BCUT2D eigenvalue weighted by molar-refractivity contribution is 0.341. The van der Waals surface area contributed by atoms with E-state index < -0.39 is 34.5 Å². The smallest absolute Gasteiger partial charge is 0.315 e. The molecule has 7 heteroatoms. The molecule has 140 valence electrons. The van der Waals surface area contributed by atoms with Crippen molar-refractivity contribution in [3.05, 3.63) is 0 Å². The number of hydrogen-bond donors (Lipinski definition) is 0. The lowest BCUT2D eigenvalue weighted by atomic mass is 10.1. The van der Waals surface area contributed by atoms with Crippen molar-refractivity contribution in [2.24, 2.45) is 0 Å². The molecule has 23 heavy (non-hydrogen) atoms. The van der Waals surface area contributed by atoms with Crippen molar-refractivity contribution in [2.75, 3.05) is 0 Å². The van der Waals surface area contributed by atoms with Crippen LogP contribution in [0.2, 0.25) is 58.4 Å². The van der Waals surface area contributed by atoms with Crippen LogP contribution < -0.4 is 0 Å². The van der Waals surface area contributed by atoms with Crippen LogP contribution in [0.5, 0.6) is 0 Å². The summed E-state index contributed by atoms with van der Waals surface area (Å²) in [7, 11) is -6.79. The van der Waals surface area contributed by atoms with Crippen molar-refractivity contribution in [3.63, 3.8) is 0 Å². The average Bonchev–Trinajstić information content (AvgIpc) is 2.28. The highest BCUT2D eigenvalue weighted by Crippen LogP contribution is 2.25. The first-order valence-corrected chi connectivity index (χ1v) is 20.9. The Kier molecular flexibility index (Phi) is 11.0. The summed E-state index contributed by atoms with van der Waals surface area (Å²) in [6.45, 7) is 20.3. The molecule has 0 aromatic rings. The Morgan fingerprint density at radius 1 is 0.696 bits per heavy atom. The molecular weight excluding hydrogens is 353 g/mol. The molecule has 0 bridgehead atoms. The normalized spacial score (nSPS) is 17.1. The minimum Gasteiger partial charge on any atom is -0.439 e. The Morgan fingerprint density at radius 2 is 1.22 bits per heavy atom. The van der Waals surface area contributed by atoms with Crippen molar-refractivity contribution in [1.82, 2.24) is 0 Å². The number of hydrogen-bond acceptors (Lipinski definition) is 3. The summed E-state index contributed by atoms with van der Waals surface area (Å²) in [5.41, 5.74) is 0. The first-order valence-electron chi connectivity index (χ1n) is 9.43. The van der Waals surface area contributed by atoms with Crippen molar-refractivity contribution in [3.8, 4) is 0 Å². The zero-order valence-corrected chi connectivity index (χ0v) is 21.4. The van der Waals surface area contributed by atoms with Crippen LogP contribution in [0.25, 0.3) is 0 Å². The second-order valence-corrected chi connectivity index (χ2v) is 23.8. The Bertz CT molecular complexity index is 315. The summed E-state index contributed by atoms with van der Waals surface area (Å²) in [4.78, 5) is 0. The molecule has 0 aromatic heterocycles. The molecule has 0 N–H and O–H groups in total. The molecular formula is C16H42O3Si4. The molecule has 3 nitrogen and oxygen atoms in total. The van der Waals surface area contributed by atoms with Gasteiger partial charge in [0, 0.05) is 0 Å². The zero-order chi connectivity index (χ0) is 18.1. The van der Waals surface area contributed by atoms with Crippen LogP contribution in [0.3, 0.4) is 0 Å². The van der Waals surface area contributed by atoms with Gasteiger partial charge in [-0.25, -0.2) is 0 Å². The Morgan fingerprint density at radius 3 is 1.70 bits per heavy atom. The van der Waals surface area contributed by atoms with Crippen LogP contribution in [-0.4, -0.2) is 34.5 Å². The van der Waals surface area contributed by atoms with Gasteiger partial charge in [-0.05, 0) is 58.4 Å². The van der Waals surface area contributed by atoms with Crippen molar-refractivity contribution < 1.29 is 12.3 Å². The maximum atomic E-state index is 6.56. The molecule has 2 atom stereocenters. The largest absolute Gasteiger partial charge is 0.439 e. The van der Waals surface area contributed by atoms with Gasteiger partial charge in [-0.2, -0.15) is 0 Å². The predicted octanol–water partition coefficient (Wildman–Crippen LogP) is 5.99. The quantitative estimate of drug-likeness (QED) is 0.283. The van der Waals surface area contributed by atoms with E-state index in [0.717, 1.165) is 6.04 Å². The summed E-state index contributed by atoms with van der Waals surface area (Å²) < 4.78 is 19.3. The van der Waals surface area contributed by atoms with Gasteiger partial charge in [-0.3, -0.25) is 0 Å². The Hall–Kier alpha value is 0.748. The third-order valence-electron chi connectivity index (χ3n) is 3.44. The monoisotopic (exact) mass is 394 g/mol.